The van der Waals surface area contributed by atoms with Crippen LogP contribution in [0.3, 0.4) is 0 Å². The molecule has 0 amide bonds. The van der Waals surface area contributed by atoms with Crippen LogP contribution in [-0.2, 0) is 22.6 Å². The van der Waals surface area contributed by atoms with Crippen molar-refractivity contribution in [2.75, 3.05) is 6.54 Å². The van der Waals surface area contributed by atoms with E-state index in [9.17, 15) is 4.79 Å². The molecule has 5 heteroatoms. The molecule has 4 nitrogen and oxygen atoms in total. The average molecular weight is 338 g/mol. The molecule has 0 bridgehead atoms. The molecule has 2 aromatic rings. The number of aliphatic imine (C=N–C) groups is 1. The first-order chi connectivity index (χ1) is 11.7. The summed E-state index contributed by atoms with van der Waals surface area (Å²) in [5, 5.41) is 3.39. The molecule has 122 valence electrons. The van der Waals surface area contributed by atoms with Crippen molar-refractivity contribution in [3.8, 4) is 0 Å². The molecule has 1 atom stereocenters. The quantitative estimate of drug-likeness (QED) is 0.673. The van der Waals surface area contributed by atoms with Crippen LogP contribution in [0.4, 0.5) is 0 Å². The third-order valence-electron chi connectivity index (χ3n) is 3.84. The lowest BCUT2D eigenvalue weighted by molar-refractivity contribution is -0.147. The first-order valence-electron chi connectivity index (χ1n) is 7.82. The van der Waals surface area contributed by atoms with Gasteiger partial charge in [-0.2, -0.15) is 0 Å². The van der Waals surface area contributed by atoms with Crippen molar-refractivity contribution in [1.82, 2.24) is 5.32 Å². The molecule has 0 radical (unpaired) electrons. The van der Waals surface area contributed by atoms with Crippen molar-refractivity contribution in [2.24, 2.45) is 10.9 Å². The fourth-order valence-corrected chi connectivity index (χ4v) is 2.77. The van der Waals surface area contributed by atoms with E-state index in [-0.39, 0.29) is 12.6 Å². The predicted octanol–water partition coefficient (Wildman–Crippen LogP) is 2.92. The smallest absolute Gasteiger partial charge is 0.316 e. The van der Waals surface area contributed by atoms with Gasteiger partial charge in [-0.3, -0.25) is 4.79 Å². The lowest BCUT2D eigenvalue weighted by atomic mass is 9.95. The van der Waals surface area contributed by atoms with Crippen molar-refractivity contribution < 1.29 is 9.53 Å². The number of benzene rings is 2. The summed E-state index contributed by atoms with van der Waals surface area (Å²) >= 11 is 5.13. The van der Waals surface area contributed by atoms with E-state index >= 15 is 0 Å². The molecule has 1 unspecified atom stereocenters. The molecule has 0 saturated carbocycles. The molecule has 0 aliphatic carbocycles. The highest BCUT2D eigenvalue weighted by atomic mass is 32.1. The first kappa shape index (κ1) is 16.3. The summed E-state index contributed by atoms with van der Waals surface area (Å²) in [4.78, 5) is 16.9. The van der Waals surface area contributed by atoms with Crippen LogP contribution in [0, 0.1) is 5.92 Å². The summed E-state index contributed by atoms with van der Waals surface area (Å²) in [6, 6.07) is 19.6. The normalized spacial score (nSPS) is 16.9. The molecule has 2 aromatic carbocycles. The van der Waals surface area contributed by atoms with Crippen LogP contribution in [0.1, 0.15) is 11.1 Å². The second kappa shape index (κ2) is 7.84. The van der Waals surface area contributed by atoms with Crippen LogP contribution in [0.2, 0.25) is 0 Å². The third-order valence-corrected chi connectivity index (χ3v) is 4.08. The zero-order valence-corrected chi connectivity index (χ0v) is 14.0. The highest BCUT2D eigenvalue weighted by Gasteiger charge is 2.29. The van der Waals surface area contributed by atoms with Gasteiger partial charge >= 0.3 is 5.97 Å². The Morgan fingerprint density at radius 1 is 1.08 bits per heavy atom. The van der Waals surface area contributed by atoms with E-state index in [1.807, 2.05) is 60.7 Å². The zero-order chi connectivity index (χ0) is 16.8. The van der Waals surface area contributed by atoms with Crippen molar-refractivity contribution in [1.29, 1.82) is 0 Å². The molecule has 3 rings (SSSR count). The standard InChI is InChI=1S/C19H18N2O2S/c22-18(23-13-15-9-5-2-6-10-15)16-12-20-19(24)21-17(16)11-14-7-3-1-4-8-14/h1-10,16H,11-13H2,(H,20,24). The maximum atomic E-state index is 12.5. The molecule has 0 spiro atoms. The van der Waals surface area contributed by atoms with Gasteiger partial charge in [-0.1, -0.05) is 60.7 Å². The lowest BCUT2D eigenvalue weighted by Gasteiger charge is -2.23. The fourth-order valence-electron chi connectivity index (χ4n) is 2.57. The van der Waals surface area contributed by atoms with Gasteiger partial charge in [0, 0.05) is 18.7 Å². The Morgan fingerprint density at radius 2 is 1.71 bits per heavy atom. The summed E-state index contributed by atoms with van der Waals surface area (Å²) in [5.41, 5.74) is 2.82. The van der Waals surface area contributed by atoms with Crippen molar-refractivity contribution in [2.45, 2.75) is 13.0 Å². The fraction of sp³-hybridized carbons (Fsp3) is 0.211. The molecule has 0 saturated heterocycles. The van der Waals surface area contributed by atoms with Gasteiger partial charge < -0.3 is 10.1 Å². The van der Waals surface area contributed by atoms with Crippen molar-refractivity contribution >= 4 is 29.0 Å². The van der Waals surface area contributed by atoms with Crippen LogP contribution < -0.4 is 5.32 Å². The Balaban J connectivity index is 1.69. The zero-order valence-electron chi connectivity index (χ0n) is 13.1. The van der Waals surface area contributed by atoms with E-state index in [0.717, 1.165) is 16.8 Å². The molecular formula is C19H18N2O2S. The number of hydrogen-bond donors (Lipinski definition) is 1. The van der Waals surface area contributed by atoms with E-state index in [4.69, 9.17) is 17.0 Å². The number of rotatable bonds is 5. The minimum Gasteiger partial charge on any atom is -0.460 e. The first-order valence-corrected chi connectivity index (χ1v) is 8.23. The number of nitrogens with zero attached hydrogens (tertiary/aromatic N) is 1. The number of hydrogen-bond acceptors (Lipinski definition) is 3. The number of nitrogens with one attached hydrogen (secondary N) is 1. The van der Waals surface area contributed by atoms with Crippen LogP contribution in [-0.4, -0.2) is 23.3 Å². The van der Waals surface area contributed by atoms with Gasteiger partial charge in [0.1, 0.15) is 12.5 Å². The summed E-state index contributed by atoms with van der Waals surface area (Å²) in [6.07, 6.45) is 0.591. The number of thiocarbonyl (C=S) groups is 1. The number of ether oxygens (including phenoxy) is 1. The maximum Gasteiger partial charge on any atom is 0.316 e. The van der Waals surface area contributed by atoms with Gasteiger partial charge in [-0.25, -0.2) is 4.99 Å². The monoisotopic (exact) mass is 338 g/mol. The van der Waals surface area contributed by atoms with Crippen LogP contribution in [0.15, 0.2) is 65.7 Å². The van der Waals surface area contributed by atoms with Crippen LogP contribution in [0.25, 0.3) is 0 Å². The Kier molecular flexibility index (Phi) is 5.33. The maximum absolute atomic E-state index is 12.5. The second-order valence-corrected chi connectivity index (χ2v) is 5.98. The second-order valence-electron chi connectivity index (χ2n) is 5.60. The number of carbonyl (C=O) groups excluding carboxylic acids is 1. The van der Waals surface area contributed by atoms with E-state index < -0.39 is 5.92 Å². The van der Waals surface area contributed by atoms with E-state index in [0.29, 0.717) is 18.1 Å². The molecule has 1 heterocycles. The summed E-state index contributed by atoms with van der Waals surface area (Å²) < 4.78 is 5.47. The molecule has 0 fully saturated rings. The predicted molar refractivity (Wildman–Crippen MR) is 97.9 cm³/mol. The van der Waals surface area contributed by atoms with Gasteiger partial charge in [-0.05, 0) is 23.3 Å². The molecule has 1 aliphatic heterocycles. The number of esters is 1. The Morgan fingerprint density at radius 3 is 2.38 bits per heavy atom. The van der Waals surface area contributed by atoms with Crippen molar-refractivity contribution in [3.05, 3.63) is 71.8 Å². The van der Waals surface area contributed by atoms with Crippen LogP contribution in [0.5, 0.6) is 0 Å². The minimum atomic E-state index is -0.416. The molecule has 1 N–H and O–H groups in total. The van der Waals surface area contributed by atoms with Gasteiger partial charge in [0.05, 0.1) is 0 Å². The molecular weight excluding hydrogens is 320 g/mol. The summed E-state index contributed by atoms with van der Waals surface area (Å²) in [7, 11) is 0. The van der Waals surface area contributed by atoms with Gasteiger partial charge in [0.25, 0.3) is 0 Å². The Bertz CT molecular complexity index is 744. The van der Waals surface area contributed by atoms with E-state index in [1.54, 1.807) is 0 Å². The lowest BCUT2D eigenvalue weighted by Crippen LogP contribution is -2.43. The summed E-state index contributed by atoms with van der Waals surface area (Å²) in [5.74, 6) is -0.691. The van der Waals surface area contributed by atoms with Gasteiger partial charge in [-0.15, -0.1) is 0 Å². The Labute approximate surface area is 146 Å². The topological polar surface area (TPSA) is 50.7 Å². The largest absolute Gasteiger partial charge is 0.460 e. The highest BCUT2D eigenvalue weighted by Crippen LogP contribution is 2.14. The Hall–Kier alpha value is -2.53. The molecule has 1 aliphatic rings. The number of carbonyl (C=O) groups is 1. The molecule has 0 aromatic heterocycles. The minimum absolute atomic E-state index is 0.263. The van der Waals surface area contributed by atoms with Gasteiger partial charge in [0.2, 0.25) is 0 Å². The molecule has 24 heavy (non-hydrogen) atoms. The SMILES string of the molecule is O=C(OCc1ccccc1)C1CNC(=S)N=C1Cc1ccccc1. The summed E-state index contributed by atoms with van der Waals surface area (Å²) in [6.45, 7) is 0.692. The third kappa shape index (κ3) is 4.26. The van der Waals surface area contributed by atoms with Crippen LogP contribution >= 0.6 is 12.2 Å². The average Bonchev–Trinajstić information content (AvgIpc) is 2.62. The van der Waals surface area contributed by atoms with E-state index in [2.05, 4.69) is 10.3 Å². The van der Waals surface area contributed by atoms with Gasteiger partial charge in [0.15, 0.2) is 5.11 Å². The van der Waals surface area contributed by atoms with Crippen molar-refractivity contribution in [3.63, 3.8) is 0 Å². The highest BCUT2D eigenvalue weighted by molar-refractivity contribution is 7.80. The van der Waals surface area contributed by atoms with E-state index in [1.165, 1.54) is 0 Å².